The number of benzene rings is 2. The first kappa shape index (κ1) is 22.3. The van der Waals surface area contributed by atoms with E-state index in [-0.39, 0.29) is 22.1 Å². The SMILES string of the molecule is CN(C)CCOc1cccc(Nc2ncc3ccn(S(=O)(=O)c4ccccc4C#N)c3n2)c1. The maximum Gasteiger partial charge on any atom is 0.270 e. The molecular weight excluding hydrogens is 440 g/mol. The summed E-state index contributed by atoms with van der Waals surface area (Å²) < 4.78 is 33.3. The molecule has 2 heterocycles. The smallest absolute Gasteiger partial charge is 0.270 e. The highest BCUT2D eigenvalue weighted by Gasteiger charge is 2.23. The summed E-state index contributed by atoms with van der Waals surface area (Å²) in [5.74, 6) is 0.929. The van der Waals surface area contributed by atoms with Crippen LogP contribution in [-0.4, -0.2) is 54.5 Å². The van der Waals surface area contributed by atoms with Crippen molar-refractivity contribution in [2.24, 2.45) is 0 Å². The molecule has 4 aromatic rings. The van der Waals surface area contributed by atoms with Gasteiger partial charge in [0.05, 0.1) is 5.56 Å². The molecule has 0 amide bonds. The van der Waals surface area contributed by atoms with Gasteiger partial charge in [-0.15, -0.1) is 0 Å². The van der Waals surface area contributed by atoms with Gasteiger partial charge >= 0.3 is 0 Å². The van der Waals surface area contributed by atoms with Crippen LogP contribution in [0.2, 0.25) is 0 Å². The van der Waals surface area contributed by atoms with E-state index in [1.54, 1.807) is 24.4 Å². The first-order valence-corrected chi connectivity index (χ1v) is 11.6. The highest BCUT2D eigenvalue weighted by atomic mass is 32.2. The lowest BCUT2D eigenvalue weighted by molar-refractivity contribution is 0.261. The third kappa shape index (κ3) is 4.79. The second-order valence-corrected chi connectivity index (χ2v) is 9.29. The van der Waals surface area contributed by atoms with Crippen molar-refractivity contribution in [2.75, 3.05) is 32.6 Å². The van der Waals surface area contributed by atoms with Crippen LogP contribution in [0.4, 0.5) is 11.6 Å². The predicted octanol–water partition coefficient (Wildman–Crippen LogP) is 3.22. The Balaban J connectivity index is 1.64. The van der Waals surface area contributed by atoms with Crippen LogP contribution in [0, 0.1) is 11.3 Å². The minimum absolute atomic E-state index is 0.0674. The largest absolute Gasteiger partial charge is 0.492 e. The predicted molar refractivity (Wildman–Crippen MR) is 125 cm³/mol. The van der Waals surface area contributed by atoms with Gasteiger partial charge in [-0.3, -0.25) is 0 Å². The molecule has 0 saturated carbocycles. The average Bonchev–Trinajstić information content (AvgIpc) is 3.23. The first-order valence-electron chi connectivity index (χ1n) is 10.1. The van der Waals surface area contributed by atoms with Gasteiger partial charge in [-0.2, -0.15) is 10.2 Å². The van der Waals surface area contributed by atoms with E-state index in [9.17, 15) is 13.7 Å². The van der Waals surface area contributed by atoms with Crippen LogP contribution in [0.1, 0.15) is 5.56 Å². The van der Waals surface area contributed by atoms with Crippen LogP contribution >= 0.6 is 0 Å². The van der Waals surface area contributed by atoms with Gasteiger partial charge in [-0.1, -0.05) is 18.2 Å². The van der Waals surface area contributed by atoms with E-state index in [0.717, 1.165) is 10.5 Å². The fourth-order valence-corrected chi connectivity index (χ4v) is 4.63. The quantitative estimate of drug-likeness (QED) is 0.425. The van der Waals surface area contributed by atoms with E-state index in [2.05, 4.69) is 15.3 Å². The van der Waals surface area contributed by atoms with Gasteiger partial charge in [0.25, 0.3) is 10.0 Å². The van der Waals surface area contributed by atoms with Gasteiger partial charge in [0.1, 0.15) is 23.3 Å². The number of nitrogens with one attached hydrogen (secondary N) is 1. The summed E-state index contributed by atoms with van der Waals surface area (Å²) in [5, 5.41) is 13.0. The highest BCUT2D eigenvalue weighted by Crippen LogP contribution is 2.25. The number of nitriles is 1. The second kappa shape index (κ2) is 9.28. The fraction of sp³-hybridized carbons (Fsp3) is 0.174. The highest BCUT2D eigenvalue weighted by molar-refractivity contribution is 7.90. The molecule has 0 spiro atoms. The van der Waals surface area contributed by atoms with Crippen molar-refractivity contribution < 1.29 is 13.2 Å². The number of hydrogen-bond acceptors (Lipinski definition) is 8. The Bertz CT molecular complexity index is 1440. The maximum atomic E-state index is 13.3. The lowest BCUT2D eigenvalue weighted by Crippen LogP contribution is -2.19. The standard InChI is InChI=1S/C23H22N6O3S/c1-28(2)12-13-32-20-8-5-7-19(14-20)26-23-25-16-18-10-11-29(22(18)27-23)33(30,31)21-9-4-3-6-17(21)15-24/h3-11,14,16H,12-13H2,1-2H3,(H,25,26,27). The van der Waals surface area contributed by atoms with E-state index >= 15 is 0 Å². The molecule has 2 aromatic carbocycles. The summed E-state index contributed by atoms with van der Waals surface area (Å²) in [4.78, 5) is 10.7. The van der Waals surface area contributed by atoms with Crippen LogP contribution in [0.15, 0.2) is 71.9 Å². The molecule has 1 N–H and O–H groups in total. The molecule has 0 bridgehead atoms. The van der Waals surface area contributed by atoms with Crippen LogP contribution < -0.4 is 10.1 Å². The Morgan fingerprint density at radius 3 is 2.76 bits per heavy atom. The maximum absolute atomic E-state index is 13.3. The van der Waals surface area contributed by atoms with Gasteiger partial charge in [0.2, 0.25) is 5.95 Å². The summed E-state index contributed by atoms with van der Waals surface area (Å²) >= 11 is 0. The van der Waals surface area contributed by atoms with Crippen molar-refractivity contribution in [1.29, 1.82) is 5.26 Å². The summed E-state index contributed by atoms with van der Waals surface area (Å²) in [6.45, 7) is 1.34. The van der Waals surface area contributed by atoms with E-state index in [0.29, 0.717) is 23.4 Å². The molecule has 0 aliphatic rings. The Morgan fingerprint density at radius 1 is 1.15 bits per heavy atom. The Kier molecular flexibility index (Phi) is 6.26. The zero-order valence-corrected chi connectivity index (χ0v) is 19.0. The molecule has 0 saturated heterocycles. The first-order chi connectivity index (χ1) is 15.9. The number of likely N-dealkylation sites (N-methyl/N-ethyl adjacent to an activating group) is 1. The molecule has 9 nitrogen and oxygen atoms in total. The van der Waals surface area contributed by atoms with Gasteiger partial charge in [-0.05, 0) is 44.4 Å². The third-order valence-electron chi connectivity index (χ3n) is 4.84. The van der Waals surface area contributed by atoms with Crippen LogP contribution in [0.25, 0.3) is 11.0 Å². The zero-order chi connectivity index (χ0) is 23.4. The van der Waals surface area contributed by atoms with Crippen LogP contribution in [0.5, 0.6) is 5.75 Å². The summed E-state index contributed by atoms with van der Waals surface area (Å²) in [6, 6.07) is 17.0. The van der Waals surface area contributed by atoms with Crippen molar-refractivity contribution in [3.05, 3.63) is 72.6 Å². The molecule has 0 aliphatic carbocycles. The lowest BCUT2D eigenvalue weighted by atomic mass is 10.2. The van der Waals surface area contributed by atoms with Gasteiger partial charge < -0.3 is 15.0 Å². The Morgan fingerprint density at radius 2 is 1.97 bits per heavy atom. The summed E-state index contributed by atoms with van der Waals surface area (Å²) in [7, 11) is -0.0746. The number of hydrogen-bond donors (Lipinski definition) is 1. The fourth-order valence-electron chi connectivity index (χ4n) is 3.18. The van der Waals surface area contributed by atoms with E-state index in [4.69, 9.17) is 4.74 Å². The minimum Gasteiger partial charge on any atom is -0.492 e. The molecule has 10 heteroatoms. The topological polar surface area (TPSA) is 113 Å². The monoisotopic (exact) mass is 462 g/mol. The van der Waals surface area contributed by atoms with E-state index in [1.165, 1.54) is 18.3 Å². The number of ether oxygens (including phenoxy) is 1. The molecular formula is C23H22N6O3S. The second-order valence-electron chi connectivity index (χ2n) is 7.50. The average molecular weight is 463 g/mol. The number of fused-ring (bicyclic) bond motifs is 1. The van der Waals surface area contributed by atoms with Crippen molar-refractivity contribution in [3.63, 3.8) is 0 Å². The van der Waals surface area contributed by atoms with Crippen LogP contribution in [0.3, 0.4) is 0 Å². The molecule has 0 unspecified atom stereocenters. The molecule has 33 heavy (non-hydrogen) atoms. The Hall–Kier alpha value is -3.94. The zero-order valence-electron chi connectivity index (χ0n) is 18.1. The number of nitrogens with zero attached hydrogens (tertiary/aromatic N) is 5. The van der Waals surface area contributed by atoms with E-state index in [1.807, 2.05) is 49.3 Å². The van der Waals surface area contributed by atoms with Gasteiger partial charge in [0, 0.05) is 36.1 Å². The number of aromatic nitrogens is 3. The third-order valence-corrected chi connectivity index (χ3v) is 6.56. The Labute approximate surface area is 191 Å². The van der Waals surface area contributed by atoms with E-state index < -0.39 is 10.0 Å². The molecule has 168 valence electrons. The molecule has 0 atom stereocenters. The minimum atomic E-state index is -4.03. The summed E-state index contributed by atoms with van der Waals surface area (Å²) in [6.07, 6.45) is 2.95. The van der Waals surface area contributed by atoms with Gasteiger partial charge in [0.15, 0.2) is 5.65 Å². The van der Waals surface area contributed by atoms with Crippen molar-refractivity contribution in [3.8, 4) is 11.8 Å². The normalized spacial score (nSPS) is 11.5. The lowest BCUT2D eigenvalue weighted by Gasteiger charge is -2.12. The molecule has 0 aliphatic heterocycles. The van der Waals surface area contributed by atoms with Crippen LogP contribution in [-0.2, 0) is 10.0 Å². The van der Waals surface area contributed by atoms with Gasteiger partial charge in [-0.25, -0.2) is 17.4 Å². The molecule has 4 rings (SSSR count). The van der Waals surface area contributed by atoms with Crippen molar-refractivity contribution in [1.82, 2.24) is 18.8 Å². The number of anilines is 2. The molecule has 0 fully saturated rings. The molecule has 2 aromatic heterocycles. The number of rotatable bonds is 8. The van der Waals surface area contributed by atoms with Crippen molar-refractivity contribution in [2.45, 2.75) is 4.90 Å². The van der Waals surface area contributed by atoms with Crippen molar-refractivity contribution >= 4 is 32.7 Å². The molecule has 0 radical (unpaired) electrons. The summed E-state index contributed by atoms with van der Waals surface area (Å²) in [5.41, 5.74) is 0.976.